The van der Waals surface area contributed by atoms with E-state index in [0.29, 0.717) is 0 Å². The Morgan fingerprint density at radius 1 is 0.906 bits per heavy atom. The van der Waals surface area contributed by atoms with Crippen LogP contribution in [0.15, 0.2) is 59.3 Å². The van der Waals surface area contributed by atoms with Crippen molar-refractivity contribution in [3.8, 4) is 11.5 Å². The third kappa shape index (κ3) is 3.87. The lowest BCUT2D eigenvalue weighted by Gasteiger charge is -2.40. The first kappa shape index (κ1) is 22.0. The van der Waals surface area contributed by atoms with Crippen LogP contribution < -0.4 is 0 Å². The van der Waals surface area contributed by atoms with Crippen LogP contribution in [0.3, 0.4) is 0 Å². The summed E-state index contributed by atoms with van der Waals surface area (Å²) in [6.07, 6.45) is -4.89. The average Bonchev–Trinajstić information content (AvgIpc) is 2.76. The molecule has 1 aromatic rings. The number of benzene rings is 1. The standard InChI is InChI=1S/C21H22O11/c22-7-16-17(27)18(28)19(29)21(32-16)31-15-6-10-12(25)4-9(23)5-14(10)30-20(15)8-1-2-11(24)13(26)3-8/h1-6,14,16-19,21-29H,7H2. The molecule has 6 atom stereocenters. The Labute approximate surface area is 181 Å². The van der Waals surface area contributed by atoms with E-state index in [2.05, 4.69) is 0 Å². The highest BCUT2D eigenvalue weighted by Crippen LogP contribution is 2.39. The number of phenolic OH excluding ortho intramolecular Hbond substituents is 2. The molecular formula is C21H22O11. The van der Waals surface area contributed by atoms with E-state index in [1.54, 1.807) is 0 Å². The molecule has 0 bridgehead atoms. The number of hydrogen-bond acceptors (Lipinski definition) is 11. The summed E-state index contributed by atoms with van der Waals surface area (Å²) in [5, 5.41) is 79.2. The normalized spacial score (nSPS) is 32.3. The molecule has 0 aromatic heterocycles. The lowest BCUT2D eigenvalue weighted by Crippen LogP contribution is -2.59. The van der Waals surface area contributed by atoms with E-state index >= 15 is 0 Å². The fraction of sp³-hybridized carbons (Fsp3) is 0.333. The van der Waals surface area contributed by atoms with Gasteiger partial charge < -0.3 is 55.1 Å². The van der Waals surface area contributed by atoms with Gasteiger partial charge in [-0.1, -0.05) is 0 Å². The molecule has 4 rings (SSSR count). The molecule has 1 aromatic carbocycles. The maximum Gasteiger partial charge on any atom is 0.229 e. The molecular weight excluding hydrogens is 428 g/mol. The molecule has 3 aliphatic rings. The quantitative estimate of drug-likeness (QED) is 0.284. The van der Waals surface area contributed by atoms with Crippen molar-refractivity contribution in [3.63, 3.8) is 0 Å². The molecule has 2 heterocycles. The van der Waals surface area contributed by atoms with Crippen LogP contribution in [0, 0.1) is 0 Å². The third-order valence-electron chi connectivity index (χ3n) is 5.29. The lowest BCUT2D eigenvalue weighted by molar-refractivity contribution is -0.290. The molecule has 1 saturated heterocycles. The van der Waals surface area contributed by atoms with Gasteiger partial charge in [-0.15, -0.1) is 0 Å². The lowest BCUT2D eigenvalue weighted by atomic mass is 9.96. The van der Waals surface area contributed by atoms with Gasteiger partial charge in [0.05, 0.1) is 6.61 Å². The first-order valence-corrected chi connectivity index (χ1v) is 9.63. The molecule has 0 radical (unpaired) electrons. The van der Waals surface area contributed by atoms with Crippen molar-refractivity contribution < 1.29 is 55.1 Å². The molecule has 0 saturated carbocycles. The Morgan fingerprint density at radius 2 is 1.66 bits per heavy atom. The number of aromatic hydroxyl groups is 2. The molecule has 1 fully saturated rings. The van der Waals surface area contributed by atoms with Crippen LogP contribution in [0.4, 0.5) is 0 Å². The highest BCUT2D eigenvalue weighted by Gasteiger charge is 2.45. The SMILES string of the molecule is OCC1OC(OC2=C(c3ccc(O)c(O)c3)OC3C=C(O)C=C(O)C3=C2)C(O)C(O)C1O. The number of fused-ring (bicyclic) bond motifs is 1. The summed E-state index contributed by atoms with van der Waals surface area (Å²) < 4.78 is 16.9. The maximum atomic E-state index is 10.3. The van der Waals surface area contributed by atoms with E-state index in [1.165, 1.54) is 30.4 Å². The minimum atomic E-state index is -1.70. The number of rotatable bonds is 4. The van der Waals surface area contributed by atoms with Gasteiger partial charge in [-0.2, -0.15) is 0 Å². The van der Waals surface area contributed by atoms with Crippen molar-refractivity contribution in [2.45, 2.75) is 36.8 Å². The number of phenols is 2. The van der Waals surface area contributed by atoms with E-state index < -0.39 is 49.2 Å². The highest BCUT2D eigenvalue weighted by molar-refractivity contribution is 5.70. The maximum absolute atomic E-state index is 10.3. The Hall–Kier alpha value is -3.22. The Morgan fingerprint density at radius 3 is 2.34 bits per heavy atom. The van der Waals surface area contributed by atoms with Crippen molar-refractivity contribution in [1.82, 2.24) is 0 Å². The molecule has 11 heteroatoms. The summed E-state index contributed by atoms with van der Waals surface area (Å²) in [4.78, 5) is 0. The number of aliphatic hydroxyl groups excluding tert-OH is 6. The molecule has 11 nitrogen and oxygen atoms in total. The van der Waals surface area contributed by atoms with E-state index in [9.17, 15) is 40.9 Å². The Balaban J connectivity index is 1.76. The first-order valence-electron chi connectivity index (χ1n) is 9.63. The fourth-order valence-corrected chi connectivity index (χ4v) is 3.56. The van der Waals surface area contributed by atoms with Crippen LogP contribution in [0.1, 0.15) is 5.56 Å². The molecule has 8 N–H and O–H groups in total. The third-order valence-corrected chi connectivity index (χ3v) is 5.29. The van der Waals surface area contributed by atoms with Crippen molar-refractivity contribution in [1.29, 1.82) is 0 Å². The van der Waals surface area contributed by atoms with E-state index in [4.69, 9.17) is 14.2 Å². The van der Waals surface area contributed by atoms with Gasteiger partial charge >= 0.3 is 0 Å². The van der Waals surface area contributed by atoms with E-state index in [1.807, 2.05) is 0 Å². The van der Waals surface area contributed by atoms with Crippen LogP contribution in [0.25, 0.3) is 5.76 Å². The molecule has 1 aliphatic carbocycles. The molecule has 0 spiro atoms. The highest BCUT2D eigenvalue weighted by atomic mass is 16.7. The smallest absolute Gasteiger partial charge is 0.229 e. The predicted octanol–water partition coefficient (Wildman–Crippen LogP) is -0.195. The van der Waals surface area contributed by atoms with Gasteiger partial charge in [0.25, 0.3) is 0 Å². The summed E-state index contributed by atoms with van der Waals surface area (Å²) in [5.74, 6) is -1.49. The van der Waals surface area contributed by atoms with Crippen LogP contribution in [-0.4, -0.2) is 84.3 Å². The Bertz CT molecular complexity index is 1020. The van der Waals surface area contributed by atoms with E-state index in [0.717, 1.165) is 6.08 Å². The second-order valence-electron chi connectivity index (χ2n) is 7.47. The predicted molar refractivity (Wildman–Crippen MR) is 106 cm³/mol. The topological polar surface area (TPSA) is 190 Å². The van der Waals surface area contributed by atoms with Gasteiger partial charge in [-0.05, 0) is 24.3 Å². The minimum Gasteiger partial charge on any atom is -0.508 e. The van der Waals surface area contributed by atoms with Crippen LogP contribution in [-0.2, 0) is 14.2 Å². The van der Waals surface area contributed by atoms with Crippen molar-refractivity contribution in [2.75, 3.05) is 6.61 Å². The zero-order valence-corrected chi connectivity index (χ0v) is 16.4. The van der Waals surface area contributed by atoms with Crippen molar-refractivity contribution >= 4 is 5.76 Å². The van der Waals surface area contributed by atoms with Gasteiger partial charge in [0.15, 0.2) is 23.0 Å². The summed E-state index contributed by atoms with van der Waals surface area (Å²) >= 11 is 0. The second-order valence-corrected chi connectivity index (χ2v) is 7.47. The number of hydrogen-bond donors (Lipinski definition) is 8. The Kier molecular flexibility index (Phi) is 5.75. The first-order chi connectivity index (χ1) is 15.2. The van der Waals surface area contributed by atoms with Crippen LogP contribution in [0.2, 0.25) is 0 Å². The molecule has 172 valence electrons. The van der Waals surface area contributed by atoms with Crippen molar-refractivity contribution in [3.05, 3.63) is 64.8 Å². The van der Waals surface area contributed by atoms with Gasteiger partial charge in [-0.3, -0.25) is 0 Å². The number of allylic oxidation sites excluding steroid dienone is 2. The molecule has 2 aliphatic heterocycles. The monoisotopic (exact) mass is 450 g/mol. The van der Waals surface area contributed by atoms with Crippen LogP contribution in [0.5, 0.6) is 11.5 Å². The van der Waals surface area contributed by atoms with Crippen LogP contribution >= 0.6 is 0 Å². The average molecular weight is 450 g/mol. The minimum absolute atomic E-state index is 0.00948. The summed E-state index contributed by atoms with van der Waals surface area (Å²) in [7, 11) is 0. The van der Waals surface area contributed by atoms with Crippen molar-refractivity contribution in [2.24, 2.45) is 0 Å². The molecule has 6 unspecified atom stereocenters. The number of aliphatic hydroxyl groups is 6. The molecule has 32 heavy (non-hydrogen) atoms. The summed E-state index contributed by atoms with van der Waals surface area (Å²) in [6, 6.07) is 3.79. The second kappa shape index (κ2) is 8.37. The van der Waals surface area contributed by atoms with Gasteiger partial charge in [-0.25, -0.2) is 0 Å². The summed E-state index contributed by atoms with van der Waals surface area (Å²) in [6.45, 7) is -0.657. The number of ether oxygens (including phenoxy) is 3. The zero-order chi connectivity index (χ0) is 23.2. The fourth-order valence-electron chi connectivity index (χ4n) is 3.56. The van der Waals surface area contributed by atoms with E-state index in [-0.39, 0.29) is 39.9 Å². The van der Waals surface area contributed by atoms with Gasteiger partial charge in [0.2, 0.25) is 6.29 Å². The van der Waals surface area contributed by atoms with Gasteiger partial charge in [0, 0.05) is 23.3 Å². The zero-order valence-electron chi connectivity index (χ0n) is 16.4. The van der Waals surface area contributed by atoms with Gasteiger partial charge in [0.1, 0.15) is 42.0 Å². The summed E-state index contributed by atoms with van der Waals surface area (Å²) in [5.41, 5.74) is 0.436. The molecule has 0 amide bonds. The largest absolute Gasteiger partial charge is 0.508 e.